The highest BCUT2D eigenvalue weighted by molar-refractivity contribution is 5.87. The summed E-state index contributed by atoms with van der Waals surface area (Å²) in [6, 6.07) is 7.14. The van der Waals surface area contributed by atoms with Crippen LogP contribution in [0.1, 0.15) is 35.9 Å². The highest BCUT2D eigenvalue weighted by Gasteiger charge is 2.26. The lowest BCUT2D eigenvalue weighted by atomic mass is 9.91. The highest BCUT2D eigenvalue weighted by Crippen LogP contribution is 2.36. The van der Waals surface area contributed by atoms with E-state index >= 15 is 0 Å². The van der Waals surface area contributed by atoms with Gasteiger partial charge in [-0.3, -0.25) is 9.59 Å². The number of amides is 1. The molecular formula is C21H22N2O5. The smallest absolute Gasteiger partial charge is 0.258 e. The Morgan fingerprint density at radius 2 is 2.21 bits per heavy atom. The molecule has 0 bridgehead atoms. The third kappa shape index (κ3) is 3.47. The molecule has 0 saturated carbocycles. The predicted molar refractivity (Wildman–Crippen MR) is 104 cm³/mol. The Kier molecular flexibility index (Phi) is 4.81. The van der Waals surface area contributed by atoms with Crippen molar-refractivity contribution in [1.82, 2.24) is 10.3 Å². The maximum absolute atomic E-state index is 12.4. The molecule has 2 aromatic heterocycles. The van der Waals surface area contributed by atoms with Gasteiger partial charge in [0.15, 0.2) is 6.61 Å². The summed E-state index contributed by atoms with van der Waals surface area (Å²) < 4.78 is 15.8. The van der Waals surface area contributed by atoms with E-state index in [1.165, 1.54) is 17.9 Å². The van der Waals surface area contributed by atoms with Crippen LogP contribution >= 0.6 is 0 Å². The summed E-state index contributed by atoms with van der Waals surface area (Å²) in [6.45, 7) is 1.43. The fourth-order valence-electron chi connectivity index (χ4n) is 3.69. The van der Waals surface area contributed by atoms with Crippen molar-refractivity contribution in [3.63, 3.8) is 0 Å². The Morgan fingerprint density at radius 1 is 1.36 bits per heavy atom. The molecule has 28 heavy (non-hydrogen) atoms. The number of aryl methyl sites for hydroxylation is 2. The van der Waals surface area contributed by atoms with Crippen molar-refractivity contribution in [1.29, 1.82) is 0 Å². The number of benzene rings is 1. The van der Waals surface area contributed by atoms with E-state index in [2.05, 4.69) is 10.3 Å². The van der Waals surface area contributed by atoms with Gasteiger partial charge in [-0.25, -0.2) is 0 Å². The minimum Gasteiger partial charge on any atom is -0.497 e. The van der Waals surface area contributed by atoms with Crippen LogP contribution in [0.3, 0.4) is 0 Å². The Hall–Kier alpha value is -3.22. The number of H-pyrrole nitrogens is 1. The number of fused-ring (bicyclic) bond motifs is 3. The van der Waals surface area contributed by atoms with E-state index in [1.54, 1.807) is 14.0 Å². The minimum absolute atomic E-state index is 0.0304. The number of aromatic amines is 1. The van der Waals surface area contributed by atoms with E-state index in [4.69, 9.17) is 13.9 Å². The summed E-state index contributed by atoms with van der Waals surface area (Å²) in [5, 5.41) is 4.13. The van der Waals surface area contributed by atoms with Crippen LogP contribution in [0.5, 0.6) is 11.5 Å². The Labute approximate surface area is 161 Å². The molecular weight excluding hydrogens is 360 g/mol. The van der Waals surface area contributed by atoms with E-state index in [1.807, 2.05) is 18.2 Å². The molecule has 0 saturated heterocycles. The molecule has 1 aliphatic rings. The predicted octanol–water partition coefficient (Wildman–Crippen LogP) is 3.01. The zero-order chi connectivity index (χ0) is 19.7. The van der Waals surface area contributed by atoms with Crippen LogP contribution in [0, 0.1) is 6.92 Å². The molecule has 4 rings (SSSR count). The lowest BCUT2D eigenvalue weighted by molar-refractivity contribution is -0.124. The van der Waals surface area contributed by atoms with Gasteiger partial charge < -0.3 is 24.2 Å². The number of carbonyl (C=O) groups is 1. The van der Waals surface area contributed by atoms with Crippen molar-refractivity contribution in [3.8, 4) is 11.5 Å². The molecule has 1 atom stereocenters. The number of rotatable bonds is 5. The van der Waals surface area contributed by atoms with Gasteiger partial charge in [0.25, 0.3) is 5.91 Å². The number of aromatic nitrogens is 1. The fourth-order valence-corrected chi connectivity index (χ4v) is 3.69. The van der Waals surface area contributed by atoms with Gasteiger partial charge in [0, 0.05) is 22.7 Å². The molecule has 0 fully saturated rings. The summed E-state index contributed by atoms with van der Waals surface area (Å²) >= 11 is 0. The third-order valence-corrected chi connectivity index (χ3v) is 5.04. The van der Waals surface area contributed by atoms with Gasteiger partial charge in [-0.2, -0.15) is 0 Å². The second-order valence-electron chi connectivity index (χ2n) is 6.95. The van der Waals surface area contributed by atoms with Gasteiger partial charge in [-0.15, -0.1) is 0 Å². The topological polar surface area (TPSA) is 93.6 Å². The van der Waals surface area contributed by atoms with E-state index in [0.29, 0.717) is 5.76 Å². The summed E-state index contributed by atoms with van der Waals surface area (Å²) in [7, 11) is 1.65. The van der Waals surface area contributed by atoms with Crippen LogP contribution in [-0.4, -0.2) is 24.6 Å². The average Bonchev–Trinajstić information content (AvgIpc) is 3.06. The van der Waals surface area contributed by atoms with Crippen LogP contribution in [0.15, 0.2) is 39.7 Å². The second kappa shape index (κ2) is 7.42. The molecule has 0 radical (unpaired) electrons. The van der Waals surface area contributed by atoms with E-state index in [9.17, 15) is 9.59 Å². The van der Waals surface area contributed by atoms with Crippen molar-refractivity contribution in [3.05, 3.63) is 57.8 Å². The summed E-state index contributed by atoms with van der Waals surface area (Å²) in [4.78, 5) is 27.6. The Morgan fingerprint density at radius 3 is 3.00 bits per heavy atom. The van der Waals surface area contributed by atoms with Gasteiger partial charge in [-0.05, 0) is 49.9 Å². The molecule has 1 aromatic carbocycles. The third-order valence-electron chi connectivity index (χ3n) is 5.04. The van der Waals surface area contributed by atoms with Crippen molar-refractivity contribution >= 4 is 16.8 Å². The summed E-state index contributed by atoms with van der Waals surface area (Å²) in [6.07, 6.45) is 4.00. The minimum atomic E-state index is -0.305. The van der Waals surface area contributed by atoms with Gasteiger partial charge >= 0.3 is 0 Å². The number of hydrogen-bond acceptors (Lipinski definition) is 5. The summed E-state index contributed by atoms with van der Waals surface area (Å²) in [5.41, 5.74) is 2.96. The second-order valence-corrected chi connectivity index (χ2v) is 6.95. The average molecular weight is 382 g/mol. The van der Waals surface area contributed by atoms with Gasteiger partial charge in [-0.1, -0.05) is 0 Å². The summed E-state index contributed by atoms with van der Waals surface area (Å²) in [5.74, 6) is 1.05. The first kappa shape index (κ1) is 18.2. The highest BCUT2D eigenvalue weighted by atomic mass is 16.5. The van der Waals surface area contributed by atoms with Crippen molar-refractivity contribution in [2.45, 2.75) is 32.2 Å². The lowest BCUT2D eigenvalue weighted by Crippen LogP contribution is -2.34. The normalized spacial score (nSPS) is 15.9. The number of methoxy groups -OCH3 is 1. The van der Waals surface area contributed by atoms with E-state index < -0.39 is 0 Å². The van der Waals surface area contributed by atoms with E-state index in [-0.39, 0.29) is 29.7 Å². The molecule has 146 valence electrons. The molecule has 1 aliphatic carbocycles. The molecule has 0 spiro atoms. The Balaban J connectivity index is 1.48. The molecule has 7 nitrogen and oxygen atoms in total. The molecule has 0 aliphatic heterocycles. The monoisotopic (exact) mass is 382 g/mol. The fraction of sp³-hybridized carbons (Fsp3) is 0.333. The van der Waals surface area contributed by atoms with Crippen LogP contribution < -0.4 is 20.2 Å². The van der Waals surface area contributed by atoms with Gasteiger partial charge in [0.05, 0.1) is 13.2 Å². The van der Waals surface area contributed by atoms with Crippen molar-refractivity contribution in [2.75, 3.05) is 13.7 Å². The quantitative estimate of drug-likeness (QED) is 0.708. The molecule has 2 N–H and O–H groups in total. The maximum atomic E-state index is 12.4. The van der Waals surface area contributed by atoms with Gasteiger partial charge in [0.1, 0.15) is 17.8 Å². The zero-order valence-corrected chi connectivity index (χ0v) is 15.8. The Bertz CT molecular complexity index is 1080. The SMILES string of the molecule is COc1ccc2[nH]c3c(c2c1)CCC[C@@H]3NC(=O)COc1coc(C)cc1=O. The van der Waals surface area contributed by atoms with E-state index in [0.717, 1.165) is 41.6 Å². The first-order valence-corrected chi connectivity index (χ1v) is 9.25. The largest absolute Gasteiger partial charge is 0.497 e. The van der Waals surface area contributed by atoms with Crippen LogP contribution in [0.25, 0.3) is 10.9 Å². The zero-order valence-electron chi connectivity index (χ0n) is 15.8. The van der Waals surface area contributed by atoms with Crippen LogP contribution in [0.2, 0.25) is 0 Å². The standard InChI is InChI=1S/C21H22N2O5/c1-12-8-18(24)19(10-27-12)28-11-20(25)22-17-5-3-4-14-15-9-13(26-2)6-7-16(15)23-21(14)17/h6-10,17,23H,3-5,11H2,1-2H3,(H,22,25)/t17-/m0/s1. The first-order chi connectivity index (χ1) is 13.5. The van der Waals surface area contributed by atoms with Crippen molar-refractivity contribution in [2.24, 2.45) is 0 Å². The number of nitrogens with one attached hydrogen (secondary N) is 2. The number of hydrogen-bond donors (Lipinski definition) is 2. The first-order valence-electron chi connectivity index (χ1n) is 9.25. The maximum Gasteiger partial charge on any atom is 0.258 e. The van der Waals surface area contributed by atoms with Gasteiger partial charge in [0.2, 0.25) is 11.2 Å². The molecule has 1 amide bonds. The molecule has 0 unspecified atom stereocenters. The van der Waals surface area contributed by atoms with Crippen molar-refractivity contribution < 1.29 is 18.7 Å². The van der Waals surface area contributed by atoms with Crippen LogP contribution in [-0.2, 0) is 11.2 Å². The number of ether oxygens (including phenoxy) is 2. The molecule has 2 heterocycles. The molecule has 3 aromatic rings. The number of carbonyl (C=O) groups excluding carboxylic acids is 1. The lowest BCUT2D eigenvalue weighted by Gasteiger charge is -2.23. The van der Waals surface area contributed by atoms with Crippen LogP contribution in [0.4, 0.5) is 0 Å². The molecule has 7 heteroatoms.